The highest BCUT2D eigenvalue weighted by Gasteiger charge is 2.18. The molecule has 0 saturated heterocycles. The van der Waals surface area contributed by atoms with Gasteiger partial charge in [0, 0.05) is 31.1 Å². The summed E-state index contributed by atoms with van der Waals surface area (Å²) in [5.74, 6) is 0. The van der Waals surface area contributed by atoms with Crippen molar-refractivity contribution in [3.05, 3.63) is 10.6 Å². The Morgan fingerprint density at radius 3 is 2.65 bits per heavy atom. The van der Waals surface area contributed by atoms with Crippen LogP contribution in [0.3, 0.4) is 0 Å². The number of anilines is 1. The summed E-state index contributed by atoms with van der Waals surface area (Å²) in [6.45, 7) is 12.4. The normalized spacial score (nSPS) is 12.7. The predicted molar refractivity (Wildman–Crippen MR) is 87.8 cm³/mol. The molecule has 0 spiro atoms. The van der Waals surface area contributed by atoms with Crippen LogP contribution < -0.4 is 10.2 Å². The second-order valence-electron chi connectivity index (χ2n) is 4.94. The lowest BCUT2D eigenvalue weighted by molar-refractivity contribution is 0.203. The van der Waals surface area contributed by atoms with Gasteiger partial charge >= 0.3 is 0 Å². The first-order chi connectivity index (χ1) is 9.67. The van der Waals surface area contributed by atoms with Gasteiger partial charge in [-0.1, -0.05) is 20.8 Å². The molecule has 0 fully saturated rings. The Labute approximate surface area is 127 Å². The van der Waals surface area contributed by atoms with Gasteiger partial charge < -0.3 is 15.0 Å². The Bertz CT molecular complexity index is 381. The predicted octanol–water partition coefficient (Wildman–Crippen LogP) is 3.07. The lowest BCUT2D eigenvalue weighted by Gasteiger charge is -2.27. The summed E-state index contributed by atoms with van der Waals surface area (Å²) < 4.78 is 5.24. The summed E-state index contributed by atoms with van der Waals surface area (Å²) in [4.78, 5) is 8.60. The van der Waals surface area contributed by atoms with Crippen molar-refractivity contribution in [3.63, 3.8) is 0 Å². The molecule has 4 nitrogen and oxygen atoms in total. The number of aryl methyl sites for hydroxylation is 1. The van der Waals surface area contributed by atoms with Gasteiger partial charge in [-0.05, 0) is 26.3 Å². The zero-order valence-corrected chi connectivity index (χ0v) is 14.3. The summed E-state index contributed by atoms with van der Waals surface area (Å²) in [6, 6.07) is 0.494. The van der Waals surface area contributed by atoms with Crippen LogP contribution in [-0.2, 0) is 17.7 Å². The number of methoxy groups -OCH3 is 1. The first-order valence-corrected chi connectivity index (χ1v) is 8.44. The van der Waals surface area contributed by atoms with E-state index in [0.717, 1.165) is 44.2 Å². The molecule has 1 atom stereocenters. The molecule has 5 heteroatoms. The Morgan fingerprint density at radius 1 is 1.35 bits per heavy atom. The highest BCUT2D eigenvalue weighted by Crippen LogP contribution is 2.28. The van der Waals surface area contributed by atoms with E-state index in [1.807, 2.05) is 11.3 Å². The summed E-state index contributed by atoms with van der Waals surface area (Å²) >= 11 is 1.82. The van der Waals surface area contributed by atoms with Crippen LogP contribution in [0.25, 0.3) is 0 Å². The zero-order chi connectivity index (χ0) is 15.0. The van der Waals surface area contributed by atoms with E-state index in [9.17, 15) is 0 Å². The lowest BCUT2D eigenvalue weighted by Crippen LogP contribution is -2.35. The van der Waals surface area contributed by atoms with Crippen LogP contribution in [0.5, 0.6) is 0 Å². The third-order valence-corrected chi connectivity index (χ3v) is 4.68. The van der Waals surface area contributed by atoms with Gasteiger partial charge in [0.15, 0.2) is 5.13 Å². The van der Waals surface area contributed by atoms with Gasteiger partial charge in [-0.25, -0.2) is 4.98 Å². The molecule has 20 heavy (non-hydrogen) atoms. The number of nitrogens with one attached hydrogen (secondary N) is 1. The summed E-state index contributed by atoms with van der Waals surface area (Å²) in [7, 11) is 1.75. The van der Waals surface area contributed by atoms with Crippen LogP contribution >= 0.6 is 11.3 Å². The maximum Gasteiger partial charge on any atom is 0.186 e. The van der Waals surface area contributed by atoms with Crippen molar-refractivity contribution in [2.24, 2.45) is 0 Å². The minimum absolute atomic E-state index is 0.494. The molecule has 0 saturated carbocycles. The summed E-state index contributed by atoms with van der Waals surface area (Å²) in [5.41, 5.74) is 1.23. The topological polar surface area (TPSA) is 37.4 Å². The van der Waals surface area contributed by atoms with Crippen molar-refractivity contribution in [1.29, 1.82) is 0 Å². The molecule has 0 bridgehead atoms. The first-order valence-electron chi connectivity index (χ1n) is 7.62. The Balaban J connectivity index is 2.91. The number of hydrogen-bond donors (Lipinski definition) is 1. The first kappa shape index (κ1) is 17.4. The van der Waals surface area contributed by atoms with Gasteiger partial charge in [0.2, 0.25) is 0 Å². The largest absolute Gasteiger partial charge is 0.383 e. The number of aromatic nitrogens is 1. The average molecular weight is 299 g/mol. The molecule has 1 aromatic rings. The molecule has 1 rings (SSSR count). The van der Waals surface area contributed by atoms with Crippen LogP contribution in [0.2, 0.25) is 0 Å². The third kappa shape index (κ3) is 4.72. The monoisotopic (exact) mass is 299 g/mol. The summed E-state index contributed by atoms with van der Waals surface area (Å²) in [6.07, 6.45) is 2.11. The molecule has 0 aliphatic heterocycles. The maximum absolute atomic E-state index is 5.24. The molecule has 1 aromatic heterocycles. The number of hydrogen-bond acceptors (Lipinski definition) is 5. The van der Waals surface area contributed by atoms with Crippen molar-refractivity contribution in [3.8, 4) is 0 Å². The number of thiazole rings is 1. The van der Waals surface area contributed by atoms with Crippen molar-refractivity contribution in [1.82, 2.24) is 10.3 Å². The molecule has 0 radical (unpaired) electrons. The van der Waals surface area contributed by atoms with Crippen LogP contribution in [0.4, 0.5) is 5.13 Å². The molecule has 0 amide bonds. The van der Waals surface area contributed by atoms with E-state index in [2.05, 4.69) is 37.9 Å². The smallest absolute Gasteiger partial charge is 0.186 e. The minimum Gasteiger partial charge on any atom is -0.383 e. The van der Waals surface area contributed by atoms with E-state index in [0.29, 0.717) is 6.04 Å². The van der Waals surface area contributed by atoms with Gasteiger partial charge in [-0.2, -0.15) is 0 Å². The molecule has 1 N–H and O–H groups in total. The number of nitrogens with zero attached hydrogens (tertiary/aromatic N) is 2. The summed E-state index contributed by atoms with van der Waals surface area (Å²) in [5, 5.41) is 4.55. The van der Waals surface area contributed by atoms with Crippen molar-refractivity contribution in [2.45, 2.75) is 53.1 Å². The van der Waals surface area contributed by atoms with E-state index in [1.54, 1.807) is 7.11 Å². The van der Waals surface area contributed by atoms with Crippen LogP contribution in [0.1, 0.15) is 44.7 Å². The fourth-order valence-electron chi connectivity index (χ4n) is 2.06. The van der Waals surface area contributed by atoms with E-state index in [-0.39, 0.29) is 0 Å². The highest BCUT2D eigenvalue weighted by molar-refractivity contribution is 7.15. The van der Waals surface area contributed by atoms with Crippen LogP contribution in [0.15, 0.2) is 0 Å². The SMILES string of the molecule is CCNCc1sc(N(CCOC)C(C)CC)nc1CC. The third-order valence-electron chi connectivity index (χ3n) is 3.54. The van der Waals surface area contributed by atoms with Gasteiger partial charge in [-0.3, -0.25) is 0 Å². The number of rotatable bonds is 10. The fourth-order valence-corrected chi connectivity index (χ4v) is 3.31. The molecular weight excluding hydrogens is 270 g/mol. The van der Waals surface area contributed by atoms with E-state index in [4.69, 9.17) is 9.72 Å². The molecule has 0 aliphatic carbocycles. The van der Waals surface area contributed by atoms with Crippen LogP contribution in [0, 0.1) is 0 Å². The van der Waals surface area contributed by atoms with Crippen molar-refractivity contribution >= 4 is 16.5 Å². The van der Waals surface area contributed by atoms with Gasteiger partial charge in [-0.15, -0.1) is 11.3 Å². The van der Waals surface area contributed by atoms with Crippen molar-refractivity contribution < 1.29 is 4.74 Å². The van der Waals surface area contributed by atoms with E-state index in [1.165, 1.54) is 10.6 Å². The van der Waals surface area contributed by atoms with Gasteiger partial charge in [0.1, 0.15) is 0 Å². The second-order valence-corrected chi connectivity index (χ2v) is 6.01. The molecule has 0 aromatic carbocycles. The van der Waals surface area contributed by atoms with Gasteiger partial charge in [0.25, 0.3) is 0 Å². The highest BCUT2D eigenvalue weighted by atomic mass is 32.1. The van der Waals surface area contributed by atoms with E-state index < -0.39 is 0 Å². The minimum atomic E-state index is 0.494. The fraction of sp³-hybridized carbons (Fsp3) is 0.800. The molecular formula is C15H29N3OS. The molecule has 116 valence electrons. The number of ether oxygens (including phenoxy) is 1. The molecule has 1 unspecified atom stereocenters. The van der Waals surface area contributed by atoms with Crippen molar-refractivity contribution in [2.75, 3.05) is 31.7 Å². The second kappa shape index (κ2) is 9.32. The Kier molecular flexibility index (Phi) is 8.11. The van der Waals surface area contributed by atoms with E-state index >= 15 is 0 Å². The quantitative estimate of drug-likeness (QED) is 0.720. The zero-order valence-electron chi connectivity index (χ0n) is 13.5. The lowest BCUT2D eigenvalue weighted by atomic mass is 10.2. The van der Waals surface area contributed by atoms with Crippen LogP contribution in [-0.4, -0.2) is 37.8 Å². The Hall–Kier alpha value is -0.650. The maximum atomic E-state index is 5.24. The standard InChI is InChI=1S/C15H29N3OS/c1-6-12(4)18(9-10-19-5)15-17-13(7-2)14(20-15)11-16-8-3/h12,16H,6-11H2,1-5H3. The Morgan fingerprint density at radius 2 is 2.10 bits per heavy atom. The van der Waals surface area contributed by atoms with Gasteiger partial charge in [0.05, 0.1) is 12.3 Å². The molecule has 1 heterocycles. The molecule has 0 aliphatic rings. The average Bonchev–Trinajstić information content (AvgIpc) is 2.88.